The molecule has 86 valence electrons. The van der Waals surface area contributed by atoms with Gasteiger partial charge in [0.1, 0.15) is 0 Å². The summed E-state index contributed by atoms with van der Waals surface area (Å²) in [6.07, 6.45) is 3.71. The summed E-state index contributed by atoms with van der Waals surface area (Å²) in [5.74, 6) is 0.772. The Balaban J connectivity index is 1.76. The lowest BCUT2D eigenvalue weighted by atomic mass is 10.3. The minimum absolute atomic E-state index is 0.540. The number of piperazine rings is 1. The number of aliphatic imine (C=N–C) groups is 1. The van der Waals surface area contributed by atoms with E-state index in [1.54, 1.807) is 0 Å². The molecule has 0 aromatic carbocycles. The van der Waals surface area contributed by atoms with Crippen molar-refractivity contribution in [3.63, 3.8) is 0 Å². The summed E-state index contributed by atoms with van der Waals surface area (Å²) < 4.78 is 0. The number of rotatable bonds is 3. The minimum atomic E-state index is 0.540. The van der Waals surface area contributed by atoms with Crippen LogP contribution in [0.3, 0.4) is 0 Å². The van der Waals surface area contributed by atoms with Gasteiger partial charge in [-0.2, -0.15) is 0 Å². The van der Waals surface area contributed by atoms with Crippen molar-refractivity contribution >= 4 is 5.96 Å². The van der Waals surface area contributed by atoms with Gasteiger partial charge in [-0.3, -0.25) is 4.90 Å². The van der Waals surface area contributed by atoms with Gasteiger partial charge in [0.25, 0.3) is 0 Å². The topological polar surface area (TPSA) is 44.9 Å². The van der Waals surface area contributed by atoms with Crippen LogP contribution in [0.2, 0.25) is 0 Å². The minimum Gasteiger partial charge on any atom is -0.370 e. The molecule has 0 atom stereocenters. The third-order valence-corrected chi connectivity index (χ3v) is 3.10. The second kappa shape index (κ2) is 4.84. The Kier molecular flexibility index (Phi) is 3.46. The highest BCUT2D eigenvalue weighted by Gasteiger charge is 2.23. The SMILES string of the molecule is CCCN1CCN(C(N)=NC2CC2)CC1. The summed E-state index contributed by atoms with van der Waals surface area (Å²) in [5, 5.41) is 0. The molecule has 0 aromatic heterocycles. The molecular weight excluding hydrogens is 188 g/mol. The van der Waals surface area contributed by atoms with Crippen LogP contribution in [0.25, 0.3) is 0 Å². The first kappa shape index (κ1) is 10.7. The molecule has 2 rings (SSSR count). The van der Waals surface area contributed by atoms with Gasteiger partial charge >= 0.3 is 0 Å². The molecule has 4 heteroatoms. The van der Waals surface area contributed by atoms with E-state index in [-0.39, 0.29) is 0 Å². The zero-order chi connectivity index (χ0) is 10.7. The Morgan fingerprint density at radius 3 is 2.47 bits per heavy atom. The number of nitrogens with zero attached hydrogens (tertiary/aromatic N) is 3. The molecule has 0 radical (unpaired) electrons. The fourth-order valence-electron chi connectivity index (χ4n) is 1.99. The van der Waals surface area contributed by atoms with Crippen molar-refractivity contribution in [2.75, 3.05) is 32.7 Å². The van der Waals surface area contributed by atoms with Gasteiger partial charge in [-0.15, -0.1) is 0 Å². The van der Waals surface area contributed by atoms with Crippen LogP contribution in [0.5, 0.6) is 0 Å². The highest BCUT2D eigenvalue weighted by molar-refractivity contribution is 5.78. The monoisotopic (exact) mass is 210 g/mol. The zero-order valence-electron chi connectivity index (χ0n) is 9.65. The summed E-state index contributed by atoms with van der Waals surface area (Å²) in [7, 11) is 0. The van der Waals surface area contributed by atoms with Crippen molar-refractivity contribution in [3.8, 4) is 0 Å². The lowest BCUT2D eigenvalue weighted by Gasteiger charge is -2.35. The van der Waals surface area contributed by atoms with E-state index in [4.69, 9.17) is 5.73 Å². The van der Waals surface area contributed by atoms with Gasteiger partial charge in [-0.25, -0.2) is 4.99 Å². The normalized spacial score (nSPS) is 24.6. The van der Waals surface area contributed by atoms with Crippen LogP contribution in [0.4, 0.5) is 0 Å². The van der Waals surface area contributed by atoms with E-state index >= 15 is 0 Å². The Morgan fingerprint density at radius 2 is 1.93 bits per heavy atom. The zero-order valence-corrected chi connectivity index (χ0v) is 9.65. The molecule has 1 saturated heterocycles. The number of hydrogen-bond donors (Lipinski definition) is 1. The molecule has 1 saturated carbocycles. The molecule has 15 heavy (non-hydrogen) atoms. The molecule has 2 N–H and O–H groups in total. The first-order chi connectivity index (χ1) is 7.29. The number of guanidine groups is 1. The molecule has 2 fully saturated rings. The van der Waals surface area contributed by atoms with E-state index in [0.717, 1.165) is 32.1 Å². The molecule has 0 bridgehead atoms. The Labute approximate surface area is 92.1 Å². The molecule has 0 amide bonds. The molecule has 1 aliphatic heterocycles. The summed E-state index contributed by atoms with van der Waals surface area (Å²) in [6, 6.07) is 0.540. The van der Waals surface area contributed by atoms with Crippen molar-refractivity contribution in [2.24, 2.45) is 10.7 Å². The van der Waals surface area contributed by atoms with Crippen molar-refractivity contribution in [3.05, 3.63) is 0 Å². The first-order valence-electron chi connectivity index (χ1n) is 6.10. The fraction of sp³-hybridized carbons (Fsp3) is 0.909. The second-order valence-electron chi connectivity index (χ2n) is 4.55. The molecule has 1 aliphatic carbocycles. The maximum Gasteiger partial charge on any atom is 0.191 e. The van der Waals surface area contributed by atoms with Crippen LogP contribution in [-0.2, 0) is 0 Å². The van der Waals surface area contributed by atoms with Gasteiger partial charge < -0.3 is 10.6 Å². The van der Waals surface area contributed by atoms with Gasteiger partial charge in [-0.05, 0) is 25.8 Å². The van der Waals surface area contributed by atoms with Gasteiger partial charge in [-0.1, -0.05) is 6.92 Å². The van der Waals surface area contributed by atoms with Crippen LogP contribution in [-0.4, -0.2) is 54.5 Å². The second-order valence-corrected chi connectivity index (χ2v) is 4.55. The molecule has 2 aliphatic rings. The van der Waals surface area contributed by atoms with Crippen molar-refractivity contribution in [1.29, 1.82) is 0 Å². The quantitative estimate of drug-likeness (QED) is 0.545. The van der Waals surface area contributed by atoms with Crippen LogP contribution in [0.1, 0.15) is 26.2 Å². The molecule has 0 unspecified atom stereocenters. The molecule has 1 heterocycles. The first-order valence-corrected chi connectivity index (χ1v) is 6.10. The predicted molar refractivity (Wildman–Crippen MR) is 62.9 cm³/mol. The van der Waals surface area contributed by atoms with E-state index in [1.807, 2.05) is 0 Å². The molecule has 4 nitrogen and oxygen atoms in total. The Bertz CT molecular complexity index is 227. The van der Waals surface area contributed by atoms with Crippen LogP contribution in [0.15, 0.2) is 4.99 Å². The van der Waals surface area contributed by atoms with Crippen LogP contribution >= 0.6 is 0 Å². The molecule has 0 aromatic rings. The fourth-order valence-corrected chi connectivity index (χ4v) is 1.99. The Morgan fingerprint density at radius 1 is 1.27 bits per heavy atom. The summed E-state index contributed by atoms with van der Waals surface area (Å²) in [6.45, 7) is 7.80. The summed E-state index contributed by atoms with van der Waals surface area (Å²) in [4.78, 5) is 9.21. The van der Waals surface area contributed by atoms with Gasteiger partial charge in [0.2, 0.25) is 0 Å². The van der Waals surface area contributed by atoms with E-state index < -0.39 is 0 Å². The predicted octanol–water partition coefficient (Wildman–Crippen LogP) is 0.491. The van der Waals surface area contributed by atoms with E-state index in [0.29, 0.717) is 6.04 Å². The average Bonchev–Trinajstić information content (AvgIpc) is 3.03. The van der Waals surface area contributed by atoms with Crippen molar-refractivity contribution in [1.82, 2.24) is 9.80 Å². The lowest BCUT2D eigenvalue weighted by Crippen LogP contribution is -2.51. The van der Waals surface area contributed by atoms with E-state index in [1.165, 1.54) is 25.8 Å². The van der Waals surface area contributed by atoms with Crippen LogP contribution in [0, 0.1) is 0 Å². The standard InChI is InChI=1S/C11H22N4/c1-2-5-14-6-8-15(9-7-14)11(12)13-10-3-4-10/h10H,2-9H2,1H3,(H2,12,13). The number of nitrogens with two attached hydrogens (primary N) is 1. The van der Waals surface area contributed by atoms with Gasteiger partial charge in [0, 0.05) is 26.2 Å². The Hall–Kier alpha value is -0.770. The average molecular weight is 210 g/mol. The third kappa shape index (κ3) is 3.09. The van der Waals surface area contributed by atoms with Gasteiger partial charge in [0.05, 0.1) is 6.04 Å². The lowest BCUT2D eigenvalue weighted by molar-refractivity contribution is 0.181. The number of hydrogen-bond acceptors (Lipinski definition) is 2. The highest BCUT2D eigenvalue weighted by Crippen LogP contribution is 2.23. The highest BCUT2D eigenvalue weighted by atomic mass is 15.3. The van der Waals surface area contributed by atoms with Crippen molar-refractivity contribution in [2.45, 2.75) is 32.2 Å². The summed E-state index contributed by atoms with van der Waals surface area (Å²) in [5.41, 5.74) is 5.97. The summed E-state index contributed by atoms with van der Waals surface area (Å²) >= 11 is 0. The molecular formula is C11H22N4. The van der Waals surface area contributed by atoms with E-state index in [2.05, 4.69) is 21.7 Å². The van der Waals surface area contributed by atoms with E-state index in [9.17, 15) is 0 Å². The smallest absolute Gasteiger partial charge is 0.191 e. The van der Waals surface area contributed by atoms with Crippen molar-refractivity contribution < 1.29 is 0 Å². The molecule has 0 spiro atoms. The maximum absolute atomic E-state index is 5.97. The largest absolute Gasteiger partial charge is 0.370 e. The maximum atomic E-state index is 5.97. The van der Waals surface area contributed by atoms with Crippen LogP contribution < -0.4 is 5.73 Å². The van der Waals surface area contributed by atoms with Gasteiger partial charge in [0.15, 0.2) is 5.96 Å². The third-order valence-electron chi connectivity index (χ3n) is 3.10.